The van der Waals surface area contributed by atoms with Gasteiger partial charge in [0.1, 0.15) is 12.4 Å². The van der Waals surface area contributed by atoms with Crippen LogP contribution in [0.1, 0.15) is 30.3 Å². The van der Waals surface area contributed by atoms with Gasteiger partial charge in [0.05, 0.1) is 0 Å². The molecule has 0 bridgehead atoms. The Hall–Kier alpha value is -2.05. The molecule has 0 aliphatic rings. The summed E-state index contributed by atoms with van der Waals surface area (Å²) in [6.45, 7) is 2.86. The predicted octanol–water partition coefficient (Wildman–Crippen LogP) is 2.23. The van der Waals surface area contributed by atoms with Crippen LogP contribution < -0.4 is 0 Å². The number of aliphatic hydroxyl groups excluding tert-OH is 1. The Bertz CT molecular complexity index is 590. The van der Waals surface area contributed by atoms with Crippen LogP contribution in [0.5, 0.6) is 0 Å². The van der Waals surface area contributed by atoms with Crippen LogP contribution >= 0.6 is 0 Å². The number of aromatic nitrogens is 2. The molecule has 0 aliphatic carbocycles. The third kappa shape index (κ3) is 3.70. The summed E-state index contributed by atoms with van der Waals surface area (Å²) in [6.07, 6.45) is 5.95. The van der Waals surface area contributed by atoms with E-state index in [2.05, 4.69) is 40.4 Å². The van der Waals surface area contributed by atoms with Crippen molar-refractivity contribution in [3.8, 4) is 11.8 Å². The van der Waals surface area contributed by atoms with Crippen LogP contribution in [0.2, 0.25) is 0 Å². The van der Waals surface area contributed by atoms with Crippen LogP contribution in [-0.2, 0) is 13.0 Å². The van der Waals surface area contributed by atoms with Gasteiger partial charge < -0.3 is 9.67 Å². The number of aryl methyl sites for hydroxylation is 1. The summed E-state index contributed by atoms with van der Waals surface area (Å²) in [4.78, 5) is 4.38. The van der Waals surface area contributed by atoms with E-state index in [9.17, 15) is 0 Å². The molecule has 0 saturated heterocycles. The van der Waals surface area contributed by atoms with Crippen molar-refractivity contribution in [2.24, 2.45) is 0 Å². The van der Waals surface area contributed by atoms with Gasteiger partial charge in [-0.05, 0) is 24.1 Å². The van der Waals surface area contributed by atoms with E-state index in [0.717, 1.165) is 30.8 Å². The monoisotopic (exact) mass is 254 g/mol. The Labute approximate surface area is 113 Å². The van der Waals surface area contributed by atoms with Crippen molar-refractivity contribution >= 4 is 0 Å². The maximum Gasteiger partial charge on any atom is 0.108 e. The zero-order valence-electron chi connectivity index (χ0n) is 11.1. The van der Waals surface area contributed by atoms with Gasteiger partial charge in [-0.25, -0.2) is 4.98 Å². The first-order valence-electron chi connectivity index (χ1n) is 6.52. The molecular formula is C16H18N2O. The molecule has 0 unspecified atom stereocenters. The van der Waals surface area contributed by atoms with Crippen molar-refractivity contribution in [1.82, 2.24) is 9.55 Å². The van der Waals surface area contributed by atoms with Gasteiger partial charge in [0.15, 0.2) is 0 Å². The van der Waals surface area contributed by atoms with Crippen LogP contribution in [0.4, 0.5) is 0 Å². The number of hydrogen-bond acceptors (Lipinski definition) is 2. The molecule has 0 spiro atoms. The maximum atomic E-state index is 8.71. The molecule has 1 aromatic heterocycles. The van der Waals surface area contributed by atoms with Crippen molar-refractivity contribution in [2.75, 3.05) is 6.61 Å². The minimum absolute atomic E-state index is 0.105. The Kier molecular flexibility index (Phi) is 4.77. The van der Waals surface area contributed by atoms with Crippen molar-refractivity contribution < 1.29 is 5.11 Å². The minimum atomic E-state index is -0.105. The Morgan fingerprint density at radius 3 is 3.05 bits per heavy atom. The van der Waals surface area contributed by atoms with Crippen molar-refractivity contribution in [1.29, 1.82) is 0 Å². The van der Waals surface area contributed by atoms with E-state index in [-0.39, 0.29) is 6.61 Å². The van der Waals surface area contributed by atoms with Gasteiger partial charge in [-0.1, -0.05) is 30.9 Å². The zero-order valence-corrected chi connectivity index (χ0v) is 11.1. The highest BCUT2D eigenvalue weighted by atomic mass is 16.2. The van der Waals surface area contributed by atoms with Gasteiger partial charge in [0.25, 0.3) is 0 Å². The van der Waals surface area contributed by atoms with Crippen molar-refractivity contribution in [3.63, 3.8) is 0 Å². The van der Waals surface area contributed by atoms with E-state index in [1.54, 1.807) is 0 Å². The fourth-order valence-electron chi connectivity index (χ4n) is 2.02. The summed E-state index contributed by atoms with van der Waals surface area (Å²) < 4.78 is 2.17. The Balaban J connectivity index is 2.16. The van der Waals surface area contributed by atoms with E-state index in [4.69, 9.17) is 5.11 Å². The topological polar surface area (TPSA) is 38.0 Å². The van der Waals surface area contributed by atoms with Gasteiger partial charge in [-0.2, -0.15) is 0 Å². The minimum Gasteiger partial charge on any atom is -0.384 e. The normalized spacial score (nSPS) is 10.0. The lowest BCUT2D eigenvalue weighted by atomic mass is 10.1. The number of nitrogens with zero attached hydrogens (tertiary/aromatic N) is 2. The van der Waals surface area contributed by atoms with Crippen LogP contribution in [-0.4, -0.2) is 21.3 Å². The zero-order chi connectivity index (χ0) is 13.5. The molecule has 0 radical (unpaired) electrons. The fraction of sp³-hybridized carbons (Fsp3) is 0.312. The average molecular weight is 254 g/mol. The summed E-state index contributed by atoms with van der Waals surface area (Å²) in [5.74, 6) is 6.72. The lowest BCUT2D eigenvalue weighted by molar-refractivity contribution is 0.350. The molecule has 0 atom stereocenters. The molecule has 2 aromatic rings. The molecule has 0 fully saturated rings. The van der Waals surface area contributed by atoms with Crippen molar-refractivity contribution in [3.05, 3.63) is 53.6 Å². The number of imidazole rings is 1. The van der Waals surface area contributed by atoms with E-state index in [0.29, 0.717) is 0 Å². The molecule has 3 heteroatoms. The van der Waals surface area contributed by atoms with Crippen LogP contribution in [0, 0.1) is 11.8 Å². The molecule has 1 N–H and O–H groups in total. The smallest absolute Gasteiger partial charge is 0.108 e. The van der Waals surface area contributed by atoms with Gasteiger partial charge in [-0.3, -0.25) is 0 Å². The number of hydrogen-bond donors (Lipinski definition) is 1. The second-order valence-electron chi connectivity index (χ2n) is 4.38. The number of aliphatic hydroxyl groups is 1. The van der Waals surface area contributed by atoms with Crippen LogP contribution in [0.15, 0.2) is 36.7 Å². The molecule has 3 nitrogen and oxygen atoms in total. The van der Waals surface area contributed by atoms with Crippen molar-refractivity contribution in [2.45, 2.75) is 26.3 Å². The van der Waals surface area contributed by atoms with Gasteiger partial charge in [-0.15, -0.1) is 0 Å². The molecule has 1 aromatic carbocycles. The third-order valence-corrected chi connectivity index (χ3v) is 2.87. The Morgan fingerprint density at radius 1 is 1.37 bits per heavy atom. The molecule has 1 heterocycles. The van der Waals surface area contributed by atoms with E-state index < -0.39 is 0 Å². The highest BCUT2D eigenvalue weighted by Gasteiger charge is 2.02. The summed E-state index contributed by atoms with van der Waals surface area (Å²) in [6, 6.07) is 8.08. The fourth-order valence-corrected chi connectivity index (χ4v) is 2.02. The molecule has 0 amide bonds. The predicted molar refractivity (Wildman–Crippen MR) is 75.7 cm³/mol. The highest BCUT2D eigenvalue weighted by Crippen LogP contribution is 2.09. The molecule has 0 saturated carbocycles. The lowest BCUT2D eigenvalue weighted by Crippen LogP contribution is -2.04. The SMILES string of the molecule is CCCc1nccn1Cc1cccc(C#CCO)c1. The molecule has 0 aliphatic heterocycles. The lowest BCUT2D eigenvalue weighted by Gasteiger charge is -2.07. The van der Waals surface area contributed by atoms with Gasteiger partial charge >= 0.3 is 0 Å². The van der Waals surface area contributed by atoms with Gasteiger partial charge in [0.2, 0.25) is 0 Å². The van der Waals surface area contributed by atoms with Crippen LogP contribution in [0.25, 0.3) is 0 Å². The highest BCUT2D eigenvalue weighted by molar-refractivity contribution is 5.37. The van der Waals surface area contributed by atoms with E-state index in [1.165, 1.54) is 5.56 Å². The second kappa shape index (κ2) is 6.77. The standard InChI is InChI=1S/C16H18N2O/c1-2-5-16-17-9-10-18(16)13-15-7-3-6-14(12-15)8-4-11-19/h3,6-7,9-10,12,19H,2,5,11,13H2,1H3. The molecule has 98 valence electrons. The summed E-state index contributed by atoms with van der Waals surface area (Å²) in [5.41, 5.74) is 2.13. The third-order valence-electron chi connectivity index (χ3n) is 2.87. The number of rotatable bonds is 4. The molecular weight excluding hydrogens is 236 g/mol. The first-order chi connectivity index (χ1) is 9.33. The summed E-state index contributed by atoms with van der Waals surface area (Å²) >= 11 is 0. The quantitative estimate of drug-likeness (QED) is 0.850. The average Bonchev–Trinajstić information content (AvgIpc) is 2.85. The summed E-state index contributed by atoms with van der Waals surface area (Å²) in [5, 5.41) is 8.71. The molecule has 2 rings (SSSR count). The molecule has 19 heavy (non-hydrogen) atoms. The largest absolute Gasteiger partial charge is 0.384 e. The van der Waals surface area contributed by atoms with E-state index in [1.807, 2.05) is 24.5 Å². The van der Waals surface area contributed by atoms with E-state index >= 15 is 0 Å². The first-order valence-corrected chi connectivity index (χ1v) is 6.52. The number of benzene rings is 1. The maximum absolute atomic E-state index is 8.71. The Morgan fingerprint density at radius 2 is 2.26 bits per heavy atom. The summed E-state index contributed by atoms with van der Waals surface area (Å²) in [7, 11) is 0. The van der Waals surface area contributed by atoms with Crippen LogP contribution in [0.3, 0.4) is 0 Å². The first kappa shape index (κ1) is 13.4. The van der Waals surface area contributed by atoms with Gasteiger partial charge in [0, 0.05) is 30.9 Å². The second-order valence-corrected chi connectivity index (χ2v) is 4.38.